The van der Waals surface area contributed by atoms with Gasteiger partial charge >= 0.3 is 0 Å². The van der Waals surface area contributed by atoms with Crippen molar-refractivity contribution < 1.29 is 0 Å². The van der Waals surface area contributed by atoms with Gasteiger partial charge in [0.25, 0.3) is 0 Å². The van der Waals surface area contributed by atoms with Crippen molar-refractivity contribution in [2.75, 3.05) is 0 Å². The molecular formula is C12H15N3. The fourth-order valence-electron chi connectivity index (χ4n) is 1.53. The van der Waals surface area contributed by atoms with Crippen LogP contribution in [0.15, 0.2) is 30.5 Å². The zero-order valence-corrected chi connectivity index (χ0v) is 8.99. The van der Waals surface area contributed by atoms with Crippen LogP contribution in [0.25, 0.3) is 11.3 Å². The van der Waals surface area contributed by atoms with Crippen LogP contribution < -0.4 is 5.73 Å². The molecule has 0 bridgehead atoms. The molecule has 0 radical (unpaired) electrons. The number of nitrogens with zero attached hydrogens (tertiary/aromatic N) is 1. The van der Waals surface area contributed by atoms with Crippen LogP contribution in [-0.2, 0) is 0 Å². The van der Waals surface area contributed by atoms with Gasteiger partial charge in [-0.2, -0.15) is 0 Å². The van der Waals surface area contributed by atoms with Gasteiger partial charge < -0.3 is 10.7 Å². The van der Waals surface area contributed by atoms with Gasteiger partial charge in [-0.15, -0.1) is 0 Å². The van der Waals surface area contributed by atoms with Gasteiger partial charge in [0.1, 0.15) is 5.82 Å². The van der Waals surface area contributed by atoms with Crippen LogP contribution in [0.4, 0.5) is 0 Å². The molecule has 3 heteroatoms. The summed E-state index contributed by atoms with van der Waals surface area (Å²) < 4.78 is 0. The molecule has 0 amide bonds. The molecule has 1 aromatic carbocycles. The topological polar surface area (TPSA) is 54.7 Å². The second kappa shape index (κ2) is 3.87. The lowest BCUT2D eigenvalue weighted by atomic mass is 10.1. The van der Waals surface area contributed by atoms with E-state index >= 15 is 0 Å². The van der Waals surface area contributed by atoms with Crippen molar-refractivity contribution in [3.8, 4) is 11.3 Å². The summed E-state index contributed by atoms with van der Waals surface area (Å²) >= 11 is 0. The molecule has 0 aliphatic rings. The molecular weight excluding hydrogens is 186 g/mol. The van der Waals surface area contributed by atoms with Crippen molar-refractivity contribution in [2.24, 2.45) is 5.73 Å². The number of rotatable bonds is 2. The van der Waals surface area contributed by atoms with E-state index in [0.29, 0.717) is 0 Å². The minimum Gasteiger partial charge on any atom is -0.341 e. The number of aryl methyl sites for hydroxylation is 1. The second-order valence-electron chi connectivity index (χ2n) is 3.84. The van der Waals surface area contributed by atoms with Gasteiger partial charge in [-0.1, -0.05) is 23.8 Å². The molecule has 1 unspecified atom stereocenters. The molecule has 1 aromatic heterocycles. The molecule has 2 aromatic rings. The van der Waals surface area contributed by atoms with E-state index in [1.807, 2.05) is 19.2 Å². The van der Waals surface area contributed by atoms with Crippen molar-refractivity contribution in [1.29, 1.82) is 0 Å². The number of imidazole rings is 1. The van der Waals surface area contributed by atoms with Crippen molar-refractivity contribution in [2.45, 2.75) is 19.9 Å². The van der Waals surface area contributed by atoms with Crippen LogP contribution in [-0.4, -0.2) is 9.97 Å². The van der Waals surface area contributed by atoms with Crippen LogP contribution in [0.1, 0.15) is 24.4 Å². The zero-order chi connectivity index (χ0) is 10.8. The van der Waals surface area contributed by atoms with E-state index < -0.39 is 0 Å². The normalized spacial score (nSPS) is 12.7. The number of hydrogen-bond donors (Lipinski definition) is 2. The molecule has 1 heterocycles. The first-order valence-electron chi connectivity index (χ1n) is 5.04. The number of nitrogens with one attached hydrogen (secondary N) is 1. The average Bonchev–Trinajstić information content (AvgIpc) is 2.66. The summed E-state index contributed by atoms with van der Waals surface area (Å²) in [6.07, 6.45) is 1.83. The Morgan fingerprint density at radius 2 is 2.20 bits per heavy atom. The van der Waals surface area contributed by atoms with Gasteiger partial charge in [-0.25, -0.2) is 4.98 Å². The highest BCUT2D eigenvalue weighted by molar-refractivity contribution is 5.59. The summed E-state index contributed by atoms with van der Waals surface area (Å²) in [6, 6.07) is 8.25. The highest BCUT2D eigenvalue weighted by Gasteiger charge is 2.06. The number of H-pyrrole nitrogens is 1. The summed E-state index contributed by atoms with van der Waals surface area (Å²) in [5, 5.41) is 0. The Bertz CT molecular complexity index is 457. The molecule has 3 N–H and O–H groups in total. The number of hydrogen-bond acceptors (Lipinski definition) is 2. The van der Waals surface area contributed by atoms with Crippen molar-refractivity contribution in [3.05, 3.63) is 41.9 Å². The summed E-state index contributed by atoms with van der Waals surface area (Å²) in [4.78, 5) is 7.46. The average molecular weight is 201 g/mol. The van der Waals surface area contributed by atoms with Crippen LogP contribution >= 0.6 is 0 Å². The van der Waals surface area contributed by atoms with Crippen LogP contribution in [0, 0.1) is 6.92 Å². The molecule has 0 aliphatic carbocycles. The van der Waals surface area contributed by atoms with Gasteiger partial charge in [0.05, 0.1) is 17.9 Å². The van der Waals surface area contributed by atoms with E-state index in [0.717, 1.165) is 17.1 Å². The molecule has 0 aliphatic heterocycles. The van der Waals surface area contributed by atoms with Gasteiger partial charge in [-0.05, 0) is 25.5 Å². The lowest BCUT2D eigenvalue weighted by molar-refractivity contribution is 0.756. The van der Waals surface area contributed by atoms with E-state index in [2.05, 4.69) is 35.1 Å². The third kappa shape index (κ3) is 2.07. The summed E-state index contributed by atoms with van der Waals surface area (Å²) in [6.45, 7) is 3.99. The maximum absolute atomic E-state index is 5.74. The van der Waals surface area contributed by atoms with Gasteiger partial charge in [-0.3, -0.25) is 0 Å². The number of nitrogens with two attached hydrogens (primary N) is 1. The quantitative estimate of drug-likeness (QED) is 0.784. The van der Waals surface area contributed by atoms with E-state index in [1.165, 1.54) is 5.56 Å². The minimum atomic E-state index is -0.0523. The van der Waals surface area contributed by atoms with Crippen molar-refractivity contribution in [1.82, 2.24) is 9.97 Å². The molecule has 0 saturated heterocycles. The first-order valence-corrected chi connectivity index (χ1v) is 5.04. The standard InChI is InChI=1S/C12H15N3/c1-8-4-3-5-10(6-8)11-7-14-12(15-11)9(2)13/h3-7,9H,13H2,1-2H3,(H,14,15). The lowest BCUT2D eigenvalue weighted by Gasteiger charge is -2.00. The SMILES string of the molecule is Cc1cccc(-c2cnc(C(C)N)[nH]2)c1. The summed E-state index contributed by atoms with van der Waals surface area (Å²) in [5.41, 5.74) is 9.15. The first-order chi connectivity index (χ1) is 7.16. The zero-order valence-electron chi connectivity index (χ0n) is 8.99. The van der Waals surface area contributed by atoms with Gasteiger partial charge in [0.2, 0.25) is 0 Å². The Hall–Kier alpha value is -1.61. The fourth-order valence-corrected chi connectivity index (χ4v) is 1.53. The fraction of sp³-hybridized carbons (Fsp3) is 0.250. The second-order valence-corrected chi connectivity index (χ2v) is 3.84. The Morgan fingerprint density at radius 3 is 2.80 bits per heavy atom. The number of aromatic amines is 1. The molecule has 1 atom stereocenters. The van der Waals surface area contributed by atoms with Crippen molar-refractivity contribution in [3.63, 3.8) is 0 Å². The largest absolute Gasteiger partial charge is 0.341 e. The Labute approximate surface area is 89.4 Å². The lowest BCUT2D eigenvalue weighted by Crippen LogP contribution is -2.06. The molecule has 78 valence electrons. The number of benzene rings is 1. The Balaban J connectivity index is 2.37. The molecule has 15 heavy (non-hydrogen) atoms. The van der Waals surface area contributed by atoms with Gasteiger partial charge in [0.15, 0.2) is 0 Å². The predicted molar refractivity (Wildman–Crippen MR) is 61.4 cm³/mol. The van der Waals surface area contributed by atoms with Crippen LogP contribution in [0.5, 0.6) is 0 Å². The highest BCUT2D eigenvalue weighted by atomic mass is 14.9. The Morgan fingerprint density at radius 1 is 1.40 bits per heavy atom. The smallest absolute Gasteiger partial charge is 0.123 e. The molecule has 0 fully saturated rings. The van der Waals surface area contributed by atoms with E-state index in [-0.39, 0.29) is 6.04 Å². The van der Waals surface area contributed by atoms with Crippen LogP contribution in [0.3, 0.4) is 0 Å². The van der Waals surface area contributed by atoms with E-state index in [4.69, 9.17) is 5.73 Å². The summed E-state index contributed by atoms with van der Waals surface area (Å²) in [7, 11) is 0. The van der Waals surface area contributed by atoms with Crippen molar-refractivity contribution >= 4 is 0 Å². The van der Waals surface area contributed by atoms with E-state index in [1.54, 1.807) is 0 Å². The Kier molecular flexibility index (Phi) is 2.56. The predicted octanol–water partition coefficient (Wildman–Crippen LogP) is 2.40. The molecule has 0 saturated carbocycles. The summed E-state index contributed by atoms with van der Waals surface area (Å²) in [5.74, 6) is 0.825. The third-order valence-electron chi connectivity index (χ3n) is 2.36. The van der Waals surface area contributed by atoms with Gasteiger partial charge in [0, 0.05) is 0 Å². The minimum absolute atomic E-state index is 0.0523. The van der Waals surface area contributed by atoms with Crippen LogP contribution in [0.2, 0.25) is 0 Å². The third-order valence-corrected chi connectivity index (χ3v) is 2.36. The maximum atomic E-state index is 5.74. The highest BCUT2D eigenvalue weighted by Crippen LogP contribution is 2.19. The molecule has 0 spiro atoms. The molecule has 3 nitrogen and oxygen atoms in total. The monoisotopic (exact) mass is 201 g/mol. The van der Waals surface area contributed by atoms with E-state index in [9.17, 15) is 0 Å². The number of aromatic nitrogens is 2. The first kappa shape index (κ1) is 9.93. The molecule has 2 rings (SSSR count). The maximum Gasteiger partial charge on any atom is 0.123 e.